The molecule has 2 heteroatoms. The number of aromatic amines is 1. The molecular formula is C6H4NO. The summed E-state index contributed by atoms with van der Waals surface area (Å²) in [7, 11) is 0. The molecule has 1 radical (unpaired) electrons. The van der Waals surface area contributed by atoms with E-state index in [2.05, 4.69) is 11.2 Å². The van der Waals surface area contributed by atoms with Crippen molar-refractivity contribution in [2.75, 3.05) is 0 Å². The maximum Gasteiger partial charge on any atom is 0.172 e. The van der Waals surface area contributed by atoms with Crippen molar-refractivity contribution in [2.24, 2.45) is 0 Å². The van der Waals surface area contributed by atoms with E-state index in [-0.39, 0.29) is 0 Å². The van der Waals surface area contributed by atoms with Gasteiger partial charge in [-0.1, -0.05) is 0 Å². The largest absolute Gasteiger partial charge is 0.451 e. The first kappa shape index (κ1) is 3.78. The van der Waals surface area contributed by atoms with E-state index in [1.165, 1.54) is 0 Å². The van der Waals surface area contributed by atoms with Gasteiger partial charge >= 0.3 is 0 Å². The molecular weight excluding hydrogens is 102 g/mol. The second-order valence-corrected chi connectivity index (χ2v) is 1.62. The van der Waals surface area contributed by atoms with Crippen molar-refractivity contribution in [3.05, 3.63) is 24.6 Å². The summed E-state index contributed by atoms with van der Waals surface area (Å²) in [5, 5.41) is 0. The maximum absolute atomic E-state index is 4.90. The SMILES string of the molecule is [c]1cc2[nH]ccc2o1. The molecule has 0 unspecified atom stereocenters. The first-order valence-corrected chi connectivity index (χ1v) is 2.40. The first-order chi connectivity index (χ1) is 3.97. The van der Waals surface area contributed by atoms with Crippen LogP contribution in [0.3, 0.4) is 0 Å². The van der Waals surface area contributed by atoms with Gasteiger partial charge in [-0.25, -0.2) is 0 Å². The lowest BCUT2D eigenvalue weighted by molar-refractivity contribution is 0.606. The molecule has 0 saturated carbocycles. The van der Waals surface area contributed by atoms with Crippen LogP contribution in [0.2, 0.25) is 0 Å². The van der Waals surface area contributed by atoms with Gasteiger partial charge in [0.2, 0.25) is 0 Å². The molecule has 0 aliphatic rings. The fraction of sp³-hybridized carbons (Fsp3) is 0. The smallest absolute Gasteiger partial charge is 0.172 e. The molecule has 2 aromatic rings. The van der Waals surface area contributed by atoms with Gasteiger partial charge in [-0.2, -0.15) is 0 Å². The van der Waals surface area contributed by atoms with Gasteiger partial charge in [-0.3, -0.25) is 0 Å². The Balaban J connectivity index is 3.06. The van der Waals surface area contributed by atoms with Crippen LogP contribution in [0.25, 0.3) is 11.1 Å². The standard InChI is InChI=1S/C6H4NO/c1-3-7-5-2-4-8-6(1)5/h1-3,7H. The lowest BCUT2D eigenvalue weighted by Gasteiger charge is -1.65. The Labute approximate surface area is 46.1 Å². The van der Waals surface area contributed by atoms with Crippen molar-refractivity contribution in [2.45, 2.75) is 0 Å². The summed E-state index contributed by atoms with van der Waals surface area (Å²) in [5.74, 6) is 0. The molecule has 0 aliphatic heterocycles. The fourth-order valence-electron chi connectivity index (χ4n) is 0.722. The summed E-state index contributed by atoms with van der Waals surface area (Å²) in [5.41, 5.74) is 1.87. The lowest BCUT2D eigenvalue weighted by atomic mass is 10.5. The molecule has 0 saturated heterocycles. The highest BCUT2D eigenvalue weighted by Crippen LogP contribution is 2.10. The van der Waals surface area contributed by atoms with E-state index in [1.807, 2.05) is 12.3 Å². The quantitative estimate of drug-likeness (QED) is 0.542. The molecule has 0 aromatic carbocycles. The number of nitrogens with one attached hydrogen (secondary N) is 1. The second kappa shape index (κ2) is 1.15. The topological polar surface area (TPSA) is 28.9 Å². The fourth-order valence-corrected chi connectivity index (χ4v) is 0.722. The highest BCUT2D eigenvalue weighted by molar-refractivity contribution is 5.72. The number of H-pyrrole nitrogens is 1. The van der Waals surface area contributed by atoms with Crippen molar-refractivity contribution >= 4 is 11.1 Å². The number of fused-ring (bicyclic) bond motifs is 1. The van der Waals surface area contributed by atoms with Crippen molar-refractivity contribution < 1.29 is 4.42 Å². The van der Waals surface area contributed by atoms with Crippen molar-refractivity contribution in [3.63, 3.8) is 0 Å². The summed E-state index contributed by atoms with van der Waals surface area (Å²) >= 11 is 0. The molecule has 2 aromatic heterocycles. The minimum absolute atomic E-state index is 0.866. The lowest BCUT2D eigenvalue weighted by Crippen LogP contribution is -1.50. The van der Waals surface area contributed by atoms with E-state index in [4.69, 9.17) is 4.42 Å². The van der Waals surface area contributed by atoms with Gasteiger partial charge in [0.25, 0.3) is 0 Å². The zero-order valence-electron chi connectivity index (χ0n) is 4.14. The maximum atomic E-state index is 4.90. The molecule has 0 aliphatic carbocycles. The molecule has 1 N–H and O–H groups in total. The van der Waals surface area contributed by atoms with E-state index < -0.39 is 0 Å². The van der Waals surface area contributed by atoms with Crippen LogP contribution in [-0.4, -0.2) is 4.98 Å². The highest BCUT2D eigenvalue weighted by Gasteiger charge is 1.92. The van der Waals surface area contributed by atoms with Gasteiger partial charge in [-0.05, 0) is 6.07 Å². The van der Waals surface area contributed by atoms with E-state index >= 15 is 0 Å². The third kappa shape index (κ3) is 0.320. The monoisotopic (exact) mass is 106 g/mol. The van der Waals surface area contributed by atoms with E-state index in [0.717, 1.165) is 11.1 Å². The summed E-state index contributed by atoms with van der Waals surface area (Å²) in [6.45, 7) is 0. The van der Waals surface area contributed by atoms with E-state index in [0.29, 0.717) is 0 Å². The van der Waals surface area contributed by atoms with Gasteiger partial charge in [0, 0.05) is 12.3 Å². The van der Waals surface area contributed by atoms with Gasteiger partial charge in [0.15, 0.2) is 11.8 Å². The molecule has 2 heterocycles. The minimum Gasteiger partial charge on any atom is -0.451 e. The third-order valence-electron chi connectivity index (χ3n) is 1.11. The van der Waals surface area contributed by atoms with Gasteiger partial charge in [0.1, 0.15) is 0 Å². The Bertz CT molecular complexity index is 230. The minimum atomic E-state index is 0.866. The molecule has 39 valence electrons. The first-order valence-electron chi connectivity index (χ1n) is 2.40. The molecule has 2 nitrogen and oxygen atoms in total. The Hall–Kier alpha value is -1.18. The van der Waals surface area contributed by atoms with Crippen molar-refractivity contribution in [3.8, 4) is 0 Å². The van der Waals surface area contributed by atoms with Gasteiger partial charge in [-0.15, -0.1) is 0 Å². The van der Waals surface area contributed by atoms with E-state index in [9.17, 15) is 0 Å². The zero-order valence-corrected chi connectivity index (χ0v) is 4.14. The predicted molar refractivity (Wildman–Crippen MR) is 29.4 cm³/mol. The van der Waals surface area contributed by atoms with Crippen molar-refractivity contribution in [1.29, 1.82) is 0 Å². The predicted octanol–water partition coefficient (Wildman–Crippen LogP) is 1.56. The summed E-state index contributed by atoms with van der Waals surface area (Å²) in [6, 6.07) is 3.64. The number of aromatic nitrogens is 1. The normalized spacial score (nSPS) is 10.5. The van der Waals surface area contributed by atoms with Crippen LogP contribution < -0.4 is 0 Å². The molecule has 8 heavy (non-hydrogen) atoms. The van der Waals surface area contributed by atoms with Crippen LogP contribution in [0.5, 0.6) is 0 Å². The highest BCUT2D eigenvalue weighted by atomic mass is 16.3. The summed E-state index contributed by atoms with van der Waals surface area (Å²) in [4.78, 5) is 2.97. The molecule has 0 spiro atoms. The average Bonchev–Trinajstić information content (AvgIpc) is 2.15. The van der Waals surface area contributed by atoms with Crippen LogP contribution in [0, 0.1) is 6.26 Å². The molecule has 0 atom stereocenters. The second-order valence-electron chi connectivity index (χ2n) is 1.62. The van der Waals surface area contributed by atoms with Crippen LogP contribution in [0.15, 0.2) is 22.7 Å². The van der Waals surface area contributed by atoms with Gasteiger partial charge in [0.05, 0.1) is 5.52 Å². The Morgan fingerprint density at radius 3 is 3.50 bits per heavy atom. The molecule has 2 rings (SSSR count). The average molecular weight is 106 g/mol. The van der Waals surface area contributed by atoms with Gasteiger partial charge < -0.3 is 9.40 Å². The Kier molecular flexibility index (Phi) is 0.545. The van der Waals surface area contributed by atoms with Crippen LogP contribution in [0.1, 0.15) is 0 Å². The molecule has 0 fully saturated rings. The van der Waals surface area contributed by atoms with Crippen LogP contribution >= 0.6 is 0 Å². The Morgan fingerprint density at radius 1 is 1.62 bits per heavy atom. The van der Waals surface area contributed by atoms with E-state index in [1.54, 1.807) is 6.07 Å². The Morgan fingerprint density at radius 2 is 2.62 bits per heavy atom. The summed E-state index contributed by atoms with van der Waals surface area (Å²) < 4.78 is 4.90. The number of furan rings is 1. The molecule has 0 bridgehead atoms. The van der Waals surface area contributed by atoms with Crippen molar-refractivity contribution in [1.82, 2.24) is 4.98 Å². The number of rotatable bonds is 0. The third-order valence-corrected chi connectivity index (χ3v) is 1.11. The summed E-state index contributed by atoms with van der Waals surface area (Å²) in [6.07, 6.45) is 4.45. The zero-order chi connectivity index (χ0) is 5.40. The molecule has 0 amide bonds. The van der Waals surface area contributed by atoms with Crippen LogP contribution in [0.4, 0.5) is 0 Å². The number of hydrogen-bond acceptors (Lipinski definition) is 1. The number of hydrogen-bond donors (Lipinski definition) is 1. The van der Waals surface area contributed by atoms with Crippen LogP contribution in [-0.2, 0) is 0 Å².